The van der Waals surface area contributed by atoms with E-state index in [0.717, 1.165) is 13.1 Å². The van der Waals surface area contributed by atoms with E-state index in [0.29, 0.717) is 12.8 Å². The zero-order valence-corrected chi connectivity index (χ0v) is 6.76. The molecule has 0 aromatic rings. The summed E-state index contributed by atoms with van der Waals surface area (Å²) in [6.45, 7) is 1.74. The van der Waals surface area contributed by atoms with E-state index in [1.807, 2.05) is 7.05 Å². The van der Waals surface area contributed by atoms with Crippen LogP contribution >= 0.6 is 11.6 Å². The molecular weight excluding hydrogens is 152 g/mol. The van der Waals surface area contributed by atoms with Crippen LogP contribution in [0.25, 0.3) is 0 Å². The second-order valence-corrected chi connectivity index (χ2v) is 3.52. The Morgan fingerprint density at radius 2 is 2.00 bits per heavy atom. The number of hydrogen-bond donors (Lipinski definition) is 0. The largest absolute Gasteiger partial charge is 0.306 e. The maximum atomic E-state index is 10.2. The van der Waals surface area contributed by atoms with Crippen LogP contribution in [0.15, 0.2) is 5.18 Å². The Balaban J connectivity index is 2.46. The normalized spacial score (nSPS) is 26.2. The molecule has 1 aliphatic rings. The summed E-state index contributed by atoms with van der Waals surface area (Å²) in [5.74, 6) is 0. The van der Waals surface area contributed by atoms with Gasteiger partial charge in [-0.05, 0) is 12.2 Å². The van der Waals surface area contributed by atoms with Gasteiger partial charge in [0, 0.05) is 25.9 Å². The first kappa shape index (κ1) is 7.95. The number of nitroso groups, excluding NO2 is 1. The van der Waals surface area contributed by atoms with Crippen molar-refractivity contribution in [1.29, 1.82) is 0 Å². The first-order chi connectivity index (χ1) is 4.66. The smallest absolute Gasteiger partial charge is 0.178 e. The minimum absolute atomic E-state index is 0.675. The summed E-state index contributed by atoms with van der Waals surface area (Å²) in [5, 5.41) is 2.90. The highest BCUT2D eigenvalue weighted by Gasteiger charge is 2.32. The number of nitrogens with zero attached hydrogens (tertiary/aromatic N) is 2. The van der Waals surface area contributed by atoms with Crippen LogP contribution in [0.2, 0.25) is 0 Å². The number of likely N-dealkylation sites (tertiary alicyclic amines) is 1. The molecule has 0 aromatic carbocycles. The molecule has 1 aliphatic heterocycles. The summed E-state index contributed by atoms with van der Waals surface area (Å²) < 4.78 is 0. The molecule has 4 heteroatoms. The van der Waals surface area contributed by atoms with Crippen molar-refractivity contribution in [3.05, 3.63) is 4.91 Å². The highest BCUT2D eigenvalue weighted by atomic mass is 35.5. The van der Waals surface area contributed by atoms with Gasteiger partial charge in [0.15, 0.2) is 5.00 Å². The predicted molar refractivity (Wildman–Crippen MR) is 41.1 cm³/mol. The van der Waals surface area contributed by atoms with Crippen LogP contribution in [0.3, 0.4) is 0 Å². The molecule has 0 radical (unpaired) electrons. The molecule has 3 nitrogen and oxygen atoms in total. The first-order valence-electron chi connectivity index (χ1n) is 3.38. The van der Waals surface area contributed by atoms with Crippen LogP contribution in [0, 0.1) is 4.91 Å². The van der Waals surface area contributed by atoms with Gasteiger partial charge >= 0.3 is 0 Å². The fraction of sp³-hybridized carbons (Fsp3) is 1.00. The summed E-state index contributed by atoms with van der Waals surface area (Å²) >= 11 is 5.82. The molecule has 1 heterocycles. The molecule has 1 saturated heterocycles. The molecule has 0 N–H and O–H groups in total. The van der Waals surface area contributed by atoms with E-state index in [-0.39, 0.29) is 0 Å². The molecule has 0 amide bonds. The van der Waals surface area contributed by atoms with Crippen LogP contribution in [0.5, 0.6) is 0 Å². The van der Waals surface area contributed by atoms with E-state index < -0.39 is 5.00 Å². The Labute approximate surface area is 65.3 Å². The molecule has 0 unspecified atom stereocenters. The molecule has 10 heavy (non-hydrogen) atoms. The van der Waals surface area contributed by atoms with E-state index in [1.54, 1.807) is 0 Å². The second-order valence-electron chi connectivity index (χ2n) is 2.81. The van der Waals surface area contributed by atoms with E-state index in [1.165, 1.54) is 0 Å². The summed E-state index contributed by atoms with van der Waals surface area (Å²) in [4.78, 5) is 11.5. The number of halogens is 1. The van der Waals surface area contributed by atoms with Crippen LogP contribution < -0.4 is 0 Å². The van der Waals surface area contributed by atoms with Gasteiger partial charge in [0.1, 0.15) is 0 Å². The lowest BCUT2D eigenvalue weighted by Gasteiger charge is -2.30. The van der Waals surface area contributed by atoms with Gasteiger partial charge in [-0.1, -0.05) is 11.6 Å². The van der Waals surface area contributed by atoms with Gasteiger partial charge in [0.05, 0.1) is 0 Å². The molecular formula is C6H11ClN2O. The Morgan fingerprint density at radius 1 is 1.50 bits per heavy atom. The highest BCUT2D eigenvalue weighted by Crippen LogP contribution is 2.29. The van der Waals surface area contributed by atoms with Gasteiger partial charge in [0.25, 0.3) is 0 Å². The average molecular weight is 163 g/mol. The molecule has 1 rings (SSSR count). The van der Waals surface area contributed by atoms with Crippen LogP contribution in [0.4, 0.5) is 0 Å². The Morgan fingerprint density at radius 3 is 2.40 bits per heavy atom. The SMILES string of the molecule is CN1CCC(Cl)(N=O)CC1. The quantitative estimate of drug-likeness (QED) is 0.332. The number of rotatable bonds is 1. The van der Waals surface area contributed by atoms with Gasteiger partial charge in [-0.2, -0.15) is 0 Å². The monoisotopic (exact) mass is 162 g/mol. The third-order valence-corrected chi connectivity index (χ3v) is 2.36. The van der Waals surface area contributed by atoms with Crippen molar-refractivity contribution in [3.63, 3.8) is 0 Å². The molecule has 0 aromatic heterocycles. The third-order valence-electron chi connectivity index (χ3n) is 1.92. The van der Waals surface area contributed by atoms with Gasteiger partial charge < -0.3 is 4.90 Å². The predicted octanol–water partition coefficient (Wildman–Crippen LogP) is 1.41. The van der Waals surface area contributed by atoms with Gasteiger partial charge in [0.2, 0.25) is 0 Å². The molecule has 0 bridgehead atoms. The standard InChI is InChI=1S/C6H11ClN2O/c1-9-4-2-6(7,8-10)3-5-9/h2-5H2,1H3. The lowest BCUT2D eigenvalue weighted by atomic mass is 10.1. The molecule has 0 saturated carbocycles. The zero-order chi connectivity index (χ0) is 7.61. The van der Waals surface area contributed by atoms with Crippen molar-refractivity contribution in [1.82, 2.24) is 4.90 Å². The van der Waals surface area contributed by atoms with Gasteiger partial charge in [-0.3, -0.25) is 0 Å². The minimum atomic E-state index is -0.799. The Hall–Kier alpha value is -0.150. The Bertz CT molecular complexity index is 132. The Kier molecular flexibility index (Phi) is 2.26. The van der Waals surface area contributed by atoms with E-state index in [9.17, 15) is 4.91 Å². The fourth-order valence-corrected chi connectivity index (χ4v) is 1.22. The van der Waals surface area contributed by atoms with E-state index in [2.05, 4.69) is 10.1 Å². The molecule has 0 atom stereocenters. The molecule has 58 valence electrons. The van der Waals surface area contributed by atoms with Gasteiger partial charge in [-0.25, -0.2) is 0 Å². The third kappa shape index (κ3) is 1.67. The minimum Gasteiger partial charge on any atom is -0.306 e. The van der Waals surface area contributed by atoms with Crippen molar-refractivity contribution < 1.29 is 0 Å². The molecule has 0 spiro atoms. The number of hydrogen-bond acceptors (Lipinski definition) is 3. The summed E-state index contributed by atoms with van der Waals surface area (Å²) in [6, 6.07) is 0. The summed E-state index contributed by atoms with van der Waals surface area (Å²) in [7, 11) is 2.02. The summed E-state index contributed by atoms with van der Waals surface area (Å²) in [5.41, 5.74) is 0. The van der Waals surface area contributed by atoms with E-state index >= 15 is 0 Å². The molecule has 0 aliphatic carbocycles. The van der Waals surface area contributed by atoms with Crippen molar-refractivity contribution in [2.75, 3.05) is 20.1 Å². The molecule has 1 fully saturated rings. The first-order valence-corrected chi connectivity index (χ1v) is 3.76. The van der Waals surface area contributed by atoms with Gasteiger partial charge in [-0.15, -0.1) is 4.91 Å². The maximum absolute atomic E-state index is 10.2. The number of piperidine rings is 1. The number of alkyl halides is 1. The fourth-order valence-electron chi connectivity index (χ4n) is 1.05. The van der Waals surface area contributed by atoms with Crippen LogP contribution in [0.1, 0.15) is 12.8 Å². The topological polar surface area (TPSA) is 32.7 Å². The van der Waals surface area contributed by atoms with E-state index in [4.69, 9.17) is 11.6 Å². The van der Waals surface area contributed by atoms with Crippen molar-refractivity contribution in [3.8, 4) is 0 Å². The lowest BCUT2D eigenvalue weighted by Crippen LogP contribution is -2.37. The van der Waals surface area contributed by atoms with Crippen LogP contribution in [-0.4, -0.2) is 30.0 Å². The highest BCUT2D eigenvalue weighted by molar-refractivity contribution is 6.23. The second kappa shape index (κ2) is 2.84. The lowest BCUT2D eigenvalue weighted by molar-refractivity contribution is 0.238. The average Bonchev–Trinajstić information content (AvgIpc) is 1.96. The van der Waals surface area contributed by atoms with Crippen molar-refractivity contribution in [2.24, 2.45) is 5.18 Å². The zero-order valence-electron chi connectivity index (χ0n) is 6.01. The van der Waals surface area contributed by atoms with Crippen molar-refractivity contribution in [2.45, 2.75) is 17.8 Å². The summed E-state index contributed by atoms with van der Waals surface area (Å²) in [6.07, 6.45) is 1.35. The maximum Gasteiger partial charge on any atom is 0.178 e. The van der Waals surface area contributed by atoms with Crippen molar-refractivity contribution >= 4 is 11.6 Å². The van der Waals surface area contributed by atoms with Crippen LogP contribution in [-0.2, 0) is 0 Å².